The van der Waals surface area contributed by atoms with Crippen LogP contribution in [0.2, 0.25) is 5.02 Å². The monoisotopic (exact) mass is 361 g/mol. The van der Waals surface area contributed by atoms with E-state index in [1.807, 2.05) is 31.2 Å². The molecule has 0 bridgehead atoms. The predicted molar refractivity (Wildman–Crippen MR) is 93.4 cm³/mol. The van der Waals surface area contributed by atoms with Gasteiger partial charge in [-0.25, -0.2) is 9.18 Å². The van der Waals surface area contributed by atoms with Gasteiger partial charge in [0.05, 0.1) is 5.56 Å². The fourth-order valence-electron chi connectivity index (χ4n) is 3.03. The second kappa shape index (κ2) is 6.84. The number of benzene rings is 2. The highest BCUT2D eigenvalue weighted by molar-refractivity contribution is 6.30. The Bertz CT molecular complexity index is 839. The molecule has 1 heterocycles. The van der Waals surface area contributed by atoms with Crippen LogP contribution in [0, 0.1) is 5.82 Å². The molecule has 6 heteroatoms. The molecule has 0 radical (unpaired) electrons. The summed E-state index contributed by atoms with van der Waals surface area (Å²) in [6.45, 7) is 3.42. The van der Waals surface area contributed by atoms with E-state index in [9.17, 15) is 14.0 Å². The number of carbonyl (C=O) groups is 2. The molecule has 1 aliphatic heterocycles. The number of fused-ring (bicyclic) bond motifs is 1. The van der Waals surface area contributed by atoms with E-state index in [0.29, 0.717) is 0 Å². The molecule has 0 spiro atoms. The van der Waals surface area contributed by atoms with E-state index >= 15 is 0 Å². The van der Waals surface area contributed by atoms with Crippen molar-refractivity contribution in [2.75, 3.05) is 4.90 Å². The molecule has 2 aromatic carbocycles. The molecule has 0 aliphatic carbocycles. The van der Waals surface area contributed by atoms with Crippen LogP contribution in [0.5, 0.6) is 0 Å². The fraction of sp³-hybridized carbons (Fsp3) is 0.263. The predicted octanol–water partition coefficient (Wildman–Crippen LogP) is 4.00. The lowest BCUT2D eigenvalue weighted by Crippen LogP contribution is -2.43. The van der Waals surface area contributed by atoms with Gasteiger partial charge in [0.1, 0.15) is 5.82 Å². The van der Waals surface area contributed by atoms with Crippen LogP contribution in [0.3, 0.4) is 0 Å². The largest absolute Gasteiger partial charge is 0.449 e. The van der Waals surface area contributed by atoms with Crippen LogP contribution in [0.4, 0.5) is 10.1 Å². The van der Waals surface area contributed by atoms with Crippen molar-refractivity contribution in [3.63, 3.8) is 0 Å². The van der Waals surface area contributed by atoms with Crippen molar-refractivity contribution in [1.29, 1.82) is 0 Å². The second-order valence-corrected chi connectivity index (χ2v) is 6.50. The molecule has 2 atom stereocenters. The Morgan fingerprint density at radius 2 is 2.00 bits per heavy atom. The third kappa shape index (κ3) is 3.37. The molecule has 0 N–H and O–H groups in total. The smallest absolute Gasteiger partial charge is 0.341 e. The first kappa shape index (κ1) is 17.4. The van der Waals surface area contributed by atoms with Crippen molar-refractivity contribution in [1.82, 2.24) is 0 Å². The average Bonchev–Trinajstić information content (AvgIpc) is 2.89. The lowest BCUT2D eigenvalue weighted by Gasteiger charge is -2.26. The molecule has 1 aliphatic rings. The van der Waals surface area contributed by atoms with Crippen molar-refractivity contribution in [2.24, 2.45) is 0 Å². The molecule has 3 rings (SSSR count). The summed E-state index contributed by atoms with van der Waals surface area (Å²) in [4.78, 5) is 26.5. The number of carbonyl (C=O) groups excluding carboxylic acids is 2. The van der Waals surface area contributed by atoms with Gasteiger partial charge in [-0.3, -0.25) is 4.79 Å². The molecule has 25 heavy (non-hydrogen) atoms. The third-order valence-electron chi connectivity index (χ3n) is 4.23. The van der Waals surface area contributed by atoms with Crippen molar-refractivity contribution in [3.8, 4) is 0 Å². The Kier molecular flexibility index (Phi) is 4.77. The van der Waals surface area contributed by atoms with Crippen molar-refractivity contribution < 1.29 is 18.7 Å². The summed E-state index contributed by atoms with van der Waals surface area (Å²) in [5.41, 5.74) is 1.64. The Labute approximate surface area is 150 Å². The zero-order valence-electron chi connectivity index (χ0n) is 13.8. The number of nitrogens with zero attached hydrogens (tertiary/aromatic N) is 1. The maximum atomic E-state index is 13.8. The standard InChI is InChI=1S/C19H17ClFNO3/c1-11-9-13-5-3-4-6-17(13)22(11)18(23)12(2)25-19(24)15-8-7-14(20)10-16(15)21/h3-8,10-12H,9H2,1-2H3/t11-,12+/m0/s1. The highest BCUT2D eigenvalue weighted by Crippen LogP contribution is 2.32. The van der Waals surface area contributed by atoms with Crippen molar-refractivity contribution in [2.45, 2.75) is 32.4 Å². The SMILES string of the molecule is C[C@@H](OC(=O)c1ccc(Cl)cc1F)C(=O)N1c2ccccc2C[C@@H]1C. The molecule has 0 unspecified atom stereocenters. The third-order valence-corrected chi connectivity index (χ3v) is 4.46. The van der Waals surface area contributed by atoms with Gasteiger partial charge in [-0.05, 0) is 50.1 Å². The first-order chi connectivity index (χ1) is 11.9. The van der Waals surface area contributed by atoms with Crippen LogP contribution < -0.4 is 4.90 Å². The molecule has 0 saturated heterocycles. The molecule has 1 amide bonds. The fourth-order valence-corrected chi connectivity index (χ4v) is 3.19. The number of anilines is 1. The normalized spacial score (nSPS) is 17.1. The summed E-state index contributed by atoms with van der Waals surface area (Å²) in [5, 5.41) is 0.181. The first-order valence-electron chi connectivity index (χ1n) is 7.95. The number of para-hydroxylation sites is 1. The summed E-state index contributed by atoms with van der Waals surface area (Å²) in [6, 6.07) is 11.3. The topological polar surface area (TPSA) is 46.6 Å². The van der Waals surface area contributed by atoms with E-state index in [-0.39, 0.29) is 22.5 Å². The zero-order chi connectivity index (χ0) is 18.1. The van der Waals surface area contributed by atoms with Crippen molar-refractivity contribution >= 4 is 29.2 Å². The number of hydrogen-bond acceptors (Lipinski definition) is 3. The summed E-state index contributed by atoms with van der Waals surface area (Å²) in [7, 11) is 0. The highest BCUT2D eigenvalue weighted by atomic mass is 35.5. The Balaban J connectivity index is 1.76. The Hall–Kier alpha value is -2.40. The lowest BCUT2D eigenvalue weighted by molar-refractivity contribution is -0.126. The van der Waals surface area contributed by atoms with Gasteiger partial charge in [0.25, 0.3) is 5.91 Å². The Morgan fingerprint density at radius 3 is 2.72 bits per heavy atom. The van der Waals surface area contributed by atoms with Crippen molar-refractivity contribution in [3.05, 3.63) is 64.4 Å². The first-order valence-corrected chi connectivity index (χ1v) is 8.33. The van der Waals surface area contributed by atoms with Gasteiger partial charge in [0, 0.05) is 16.8 Å². The summed E-state index contributed by atoms with van der Waals surface area (Å²) >= 11 is 5.67. The number of ether oxygens (including phenoxy) is 1. The number of rotatable bonds is 3. The Morgan fingerprint density at radius 1 is 1.28 bits per heavy atom. The maximum absolute atomic E-state index is 13.8. The van der Waals surface area contributed by atoms with E-state index in [1.54, 1.807) is 4.90 Å². The van der Waals surface area contributed by atoms with Gasteiger partial charge >= 0.3 is 5.97 Å². The van der Waals surface area contributed by atoms with Gasteiger partial charge in [-0.2, -0.15) is 0 Å². The van der Waals surface area contributed by atoms with E-state index in [1.165, 1.54) is 19.1 Å². The number of amides is 1. The van der Waals surface area contributed by atoms with E-state index in [2.05, 4.69) is 0 Å². The van der Waals surface area contributed by atoms with Crippen LogP contribution in [-0.4, -0.2) is 24.0 Å². The van der Waals surface area contributed by atoms with Crippen LogP contribution in [-0.2, 0) is 16.0 Å². The van der Waals surface area contributed by atoms with Crippen LogP contribution in [0.1, 0.15) is 29.8 Å². The molecule has 0 fully saturated rings. The highest BCUT2D eigenvalue weighted by Gasteiger charge is 2.34. The van der Waals surface area contributed by atoms with Crippen LogP contribution >= 0.6 is 11.6 Å². The second-order valence-electron chi connectivity index (χ2n) is 6.06. The molecule has 130 valence electrons. The summed E-state index contributed by atoms with van der Waals surface area (Å²) in [6.07, 6.45) is -0.287. The average molecular weight is 362 g/mol. The minimum atomic E-state index is -1.03. The van der Waals surface area contributed by atoms with E-state index in [4.69, 9.17) is 16.3 Å². The van der Waals surface area contributed by atoms with Gasteiger partial charge in [0.2, 0.25) is 0 Å². The molecule has 0 aromatic heterocycles. The van der Waals surface area contributed by atoms with Gasteiger partial charge in [0.15, 0.2) is 6.10 Å². The van der Waals surface area contributed by atoms with E-state index in [0.717, 1.165) is 23.7 Å². The number of esters is 1. The van der Waals surface area contributed by atoms with Crippen LogP contribution in [0.15, 0.2) is 42.5 Å². The molecular weight excluding hydrogens is 345 g/mol. The maximum Gasteiger partial charge on any atom is 0.341 e. The quantitative estimate of drug-likeness (QED) is 0.776. The zero-order valence-corrected chi connectivity index (χ0v) is 14.6. The molecule has 2 aromatic rings. The number of hydrogen-bond donors (Lipinski definition) is 0. The molecule has 4 nitrogen and oxygen atoms in total. The molecular formula is C19H17ClFNO3. The van der Waals surface area contributed by atoms with E-state index < -0.39 is 17.9 Å². The lowest BCUT2D eigenvalue weighted by atomic mass is 10.1. The molecule has 0 saturated carbocycles. The van der Waals surface area contributed by atoms with Crippen LogP contribution in [0.25, 0.3) is 0 Å². The van der Waals surface area contributed by atoms with Gasteiger partial charge in [-0.1, -0.05) is 29.8 Å². The minimum absolute atomic E-state index is 0.0293. The summed E-state index contributed by atoms with van der Waals surface area (Å²) < 4.78 is 19.0. The van der Waals surface area contributed by atoms with Gasteiger partial charge < -0.3 is 9.64 Å². The number of halogens is 2. The van der Waals surface area contributed by atoms with Gasteiger partial charge in [-0.15, -0.1) is 0 Å². The minimum Gasteiger partial charge on any atom is -0.449 e. The summed E-state index contributed by atoms with van der Waals surface area (Å²) in [5.74, 6) is -2.01.